The monoisotopic (exact) mass is 252 g/mol. The number of rotatable bonds is 8. The molecule has 0 saturated heterocycles. The molecular formula is C14H28N4. The van der Waals surface area contributed by atoms with Crippen molar-refractivity contribution in [1.29, 1.82) is 0 Å². The molecule has 0 saturated carbocycles. The highest BCUT2D eigenvalue weighted by Gasteiger charge is 2.10. The maximum absolute atomic E-state index is 4.53. The van der Waals surface area contributed by atoms with Crippen molar-refractivity contribution in [2.45, 2.75) is 52.7 Å². The van der Waals surface area contributed by atoms with E-state index >= 15 is 0 Å². The SMILES string of the molecule is CCCc1c(CNC(C)C)cnn1CCN(C)C. The normalized spacial score (nSPS) is 11.7. The molecule has 4 heteroatoms. The fraction of sp³-hybridized carbons (Fsp3) is 0.786. The van der Waals surface area contributed by atoms with Crippen molar-refractivity contribution in [2.75, 3.05) is 20.6 Å². The summed E-state index contributed by atoms with van der Waals surface area (Å²) in [6.45, 7) is 9.52. The van der Waals surface area contributed by atoms with Gasteiger partial charge in [0.05, 0.1) is 12.7 Å². The zero-order chi connectivity index (χ0) is 13.5. The van der Waals surface area contributed by atoms with Crippen molar-refractivity contribution in [2.24, 2.45) is 0 Å². The Bertz CT molecular complexity index is 312. The average molecular weight is 252 g/mol. The number of hydrogen-bond acceptors (Lipinski definition) is 3. The highest BCUT2D eigenvalue weighted by Crippen LogP contribution is 2.11. The molecule has 0 bridgehead atoms. The van der Waals surface area contributed by atoms with Gasteiger partial charge in [-0.05, 0) is 20.5 Å². The molecule has 1 N–H and O–H groups in total. The van der Waals surface area contributed by atoms with Crippen LogP contribution in [0.5, 0.6) is 0 Å². The predicted molar refractivity (Wildman–Crippen MR) is 76.8 cm³/mol. The molecule has 0 fully saturated rings. The van der Waals surface area contributed by atoms with E-state index in [1.807, 2.05) is 6.20 Å². The second-order valence-electron chi connectivity index (χ2n) is 5.43. The van der Waals surface area contributed by atoms with Gasteiger partial charge >= 0.3 is 0 Å². The molecule has 4 nitrogen and oxygen atoms in total. The Morgan fingerprint density at radius 2 is 2.11 bits per heavy atom. The lowest BCUT2D eigenvalue weighted by Crippen LogP contribution is -2.23. The molecule has 0 unspecified atom stereocenters. The average Bonchev–Trinajstić information content (AvgIpc) is 2.67. The Morgan fingerprint density at radius 3 is 2.67 bits per heavy atom. The van der Waals surface area contributed by atoms with Crippen LogP contribution in [0.4, 0.5) is 0 Å². The predicted octanol–water partition coefficient (Wildman–Crippen LogP) is 1.90. The summed E-state index contributed by atoms with van der Waals surface area (Å²) in [6.07, 6.45) is 4.31. The summed E-state index contributed by atoms with van der Waals surface area (Å²) < 4.78 is 2.17. The van der Waals surface area contributed by atoms with Crippen molar-refractivity contribution >= 4 is 0 Å². The van der Waals surface area contributed by atoms with E-state index in [9.17, 15) is 0 Å². The number of likely N-dealkylation sites (N-methyl/N-ethyl adjacent to an activating group) is 1. The van der Waals surface area contributed by atoms with Crippen molar-refractivity contribution in [3.63, 3.8) is 0 Å². The summed E-state index contributed by atoms with van der Waals surface area (Å²) >= 11 is 0. The van der Waals surface area contributed by atoms with Crippen LogP contribution in [0.3, 0.4) is 0 Å². The molecule has 0 radical (unpaired) electrons. The zero-order valence-electron chi connectivity index (χ0n) is 12.5. The first-order valence-corrected chi connectivity index (χ1v) is 6.96. The largest absolute Gasteiger partial charge is 0.310 e. The topological polar surface area (TPSA) is 33.1 Å². The molecule has 0 aliphatic rings. The molecule has 1 aromatic rings. The minimum absolute atomic E-state index is 0.518. The van der Waals surface area contributed by atoms with E-state index in [0.29, 0.717) is 6.04 Å². The number of hydrogen-bond donors (Lipinski definition) is 1. The third-order valence-corrected chi connectivity index (χ3v) is 2.98. The van der Waals surface area contributed by atoms with Gasteiger partial charge in [0.2, 0.25) is 0 Å². The molecule has 1 heterocycles. The molecular weight excluding hydrogens is 224 g/mol. The summed E-state index contributed by atoms with van der Waals surface area (Å²) in [5.74, 6) is 0. The Kier molecular flexibility index (Phi) is 6.36. The zero-order valence-corrected chi connectivity index (χ0v) is 12.5. The van der Waals surface area contributed by atoms with Crippen molar-refractivity contribution in [3.8, 4) is 0 Å². The van der Waals surface area contributed by atoms with Crippen LogP contribution in [0, 0.1) is 0 Å². The molecule has 0 aromatic carbocycles. The molecule has 18 heavy (non-hydrogen) atoms. The first-order chi connectivity index (χ1) is 8.54. The van der Waals surface area contributed by atoms with E-state index in [1.54, 1.807) is 0 Å². The van der Waals surface area contributed by atoms with E-state index in [2.05, 4.69) is 54.9 Å². The fourth-order valence-corrected chi connectivity index (χ4v) is 1.92. The van der Waals surface area contributed by atoms with Crippen LogP contribution >= 0.6 is 0 Å². The maximum Gasteiger partial charge on any atom is 0.0539 e. The van der Waals surface area contributed by atoms with E-state index in [1.165, 1.54) is 17.7 Å². The van der Waals surface area contributed by atoms with Gasteiger partial charge in [-0.3, -0.25) is 4.68 Å². The number of nitrogens with zero attached hydrogens (tertiary/aromatic N) is 3. The third-order valence-electron chi connectivity index (χ3n) is 2.98. The molecule has 1 rings (SSSR count). The fourth-order valence-electron chi connectivity index (χ4n) is 1.92. The lowest BCUT2D eigenvalue weighted by atomic mass is 10.1. The summed E-state index contributed by atoms with van der Waals surface area (Å²) in [5, 5.41) is 8.01. The van der Waals surface area contributed by atoms with Crippen molar-refractivity contribution in [3.05, 3.63) is 17.5 Å². The molecule has 0 amide bonds. The van der Waals surface area contributed by atoms with E-state index in [4.69, 9.17) is 0 Å². The van der Waals surface area contributed by atoms with Crippen LogP contribution < -0.4 is 5.32 Å². The summed E-state index contributed by atoms with van der Waals surface area (Å²) in [7, 11) is 4.20. The maximum atomic E-state index is 4.53. The molecule has 0 spiro atoms. The van der Waals surface area contributed by atoms with Crippen LogP contribution in [0.2, 0.25) is 0 Å². The quantitative estimate of drug-likeness (QED) is 0.767. The van der Waals surface area contributed by atoms with Crippen LogP contribution in [0.15, 0.2) is 6.20 Å². The highest BCUT2D eigenvalue weighted by atomic mass is 15.3. The minimum atomic E-state index is 0.518. The van der Waals surface area contributed by atoms with Crippen LogP contribution in [0.1, 0.15) is 38.4 Å². The van der Waals surface area contributed by atoms with Crippen molar-refractivity contribution < 1.29 is 0 Å². The summed E-state index contributed by atoms with van der Waals surface area (Å²) in [4.78, 5) is 2.20. The van der Waals surface area contributed by atoms with Gasteiger partial charge < -0.3 is 10.2 Å². The second kappa shape index (κ2) is 7.54. The molecule has 0 aliphatic carbocycles. The van der Waals surface area contributed by atoms with E-state index < -0.39 is 0 Å². The van der Waals surface area contributed by atoms with E-state index in [0.717, 1.165) is 26.1 Å². The van der Waals surface area contributed by atoms with Gasteiger partial charge in [-0.25, -0.2) is 0 Å². The Morgan fingerprint density at radius 1 is 1.39 bits per heavy atom. The van der Waals surface area contributed by atoms with Gasteiger partial charge in [-0.2, -0.15) is 5.10 Å². The van der Waals surface area contributed by atoms with Gasteiger partial charge in [-0.15, -0.1) is 0 Å². The minimum Gasteiger partial charge on any atom is -0.310 e. The first kappa shape index (κ1) is 15.2. The molecule has 104 valence electrons. The Hall–Kier alpha value is -0.870. The van der Waals surface area contributed by atoms with Crippen LogP contribution in [-0.2, 0) is 19.5 Å². The highest BCUT2D eigenvalue weighted by molar-refractivity contribution is 5.18. The van der Waals surface area contributed by atoms with Gasteiger partial charge in [-0.1, -0.05) is 27.2 Å². The van der Waals surface area contributed by atoms with Gasteiger partial charge in [0.25, 0.3) is 0 Å². The van der Waals surface area contributed by atoms with Crippen molar-refractivity contribution in [1.82, 2.24) is 20.0 Å². The first-order valence-electron chi connectivity index (χ1n) is 6.96. The van der Waals surface area contributed by atoms with Gasteiger partial charge in [0, 0.05) is 30.4 Å². The second-order valence-corrected chi connectivity index (χ2v) is 5.43. The van der Waals surface area contributed by atoms with Gasteiger partial charge in [0.15, 0.2) is 0 Å². The summed E-state index contributed by atoms with van der Waals surface area (Å²) in [6, 6.07) is 0.518. The third kappa shape index (κ3) is 4.78. The Labute approximate surface area is 111 Å². The molecule has 0 aliphatic heterocycles. The van der Waals surface area contributed by atoms with Gasteiger partial charge in [0.1, 0.15) is 0 Å². The number of aromatic nitrogens is 2. The lowest BCUT2D eigenvalue weighted by Gasteiger charge is -2.13. The lowest BCUT2D eigenvalue weighted by molar-refractivity contribution is 0.369. The standard InChI is InChI=1S/C14H28N4/c1-6-7-14-13(10-15-12(2)3)11-16-18(14)9-8-17(4)5/h11-12,15H,6-10H2,1-5H3. The smallest absolute Gasteiger partial charge is 0.0539 e. The molecule has 1 aromatic heterocycles. The Balaban J connectivity index is 2.71. The summed E-state index contributed by atoms with van der Waals surface area (Å²) in [5.41, 5.74) is 2.75. The molecule has 0 atom stereocenters. The number of nitrogens with one attached hydrogen (secondary N) is 1. The van der Waals surface area contributed by atoms with Crippen LogP contribution in [0.25, 0.3) is 0 Å². The van der Waals surface area contributed by atoms with Crippen LogP contribution in [-0.4, -0.2) is 41.4 Å². The van der Waals surface area contributed by atoms with E-state index in [-0.39, 0.29) is 0 Å².